The van der Waals surface area contributed by atoms with Gasteiger partial charge in [0.05, 0.1) is 0 Å². The highest BCUT2D eigenvalue weighted by Gasteiger charge is 2.27. The maximum Gasteiger partial charge on any atom is 0.407 e. The summed E-state index contributed by atoms with van der Waals surface area (Å²) in [5.41, 5.74) is -0.560. The number of rotatable bonds is 8. The Kier molecular flexibility index (Phi) is 8.95. The lowest BCUT2D eigenvalue weighted by Crippen LogP contribution is -2.48. The lowest BCUT2D eigenvalue weighted by Gasteiger charge is -2.27. The van der Waals surface area contributed by atoms with Crippen molar-refractivity contribution in [1.82, 2.24) is 10.6 Å². The first-order chi connectivity index (χ1) is 10.3. The van der Waals surface area contributed by atoms with E-state index in [9.17, 15) is 18.0 Å². The number of nitrogens with one attached hydrogen (secondary N) is 2. The lowest BCUT2D eigenvalue weighted by molar-refractivity contribution is -0.135. The standard InChI is InChI=1S/C16H31F3N2O2/c1-11(2)13(10-20-14(22)23-15(4,5)6)21-12(3)8-7-9-16(17,18)19/h11-13,21H,7-10H2,1-6H3,(H,20,22). The van der Waals surface area contributed by atoms with Crippen LogP contribution in [-0.4, -0.2) is 36.5 Å². The monoisotopic (exact) mass is 340 g/mol. The molecule has 0 rings (SSSR count). The molecule has 0 aromatic rings. The van der Waals surface area contributed by atoms with Crippen LogP contribution in [0.25, 0.3) is 0 Å². The minimum atomic E-state index is -4.10. The normalized spacial score (nSPS) is 15.4. The van der Waals surface area contributed by atoms with Gasteiger partial charge >= 0.3 is 12.3 Å². The van der Waals surface area contributed by atoms with E-state index in [0.717, 1.165) is 0 Å². The molecular formula is C16H31F3N2O2. The van der Waals surface area contributed by atoms with Gasteiger partial charge in [0.15, 0.2) is 0 Å². The van der Waals surface area contributed by atoms with Crippen molar-refractivity contribution in [3.63, 3.8) is 0 Å². The Bertz CT molecular complexity index is 352. The molecule has 23 heavy (non-hydrogen) atoms. The smallest absolute Gasteiger partial charge is 0.407 e. The van der Waals surface area contributed by atoms with Crippen LogP contribution < -0.4 is 10.6 Å². The van der Waals surface area contributed by atoms with Crippen LogP contribution in [0.4, 0.5) is 18.0 Å². The Hall–Kier alpha value is -0.980. The van der Waals surface area contributed by atoms with Gasteiger partial charge in [0.1, 0.15) is 5.60 Å². The van der Waals surface area contributed by atoms with E-state index in [-0.39, 0.29) is 24.4 Å². The summed E-state index contributed by atoms with van der Waals surface area (Å²) in [5, 5.41) is 5.99. The Morgan fingerprint density at radius 1 is 1.13 bits per heavy atom. The fourth-order valence-corrected chi connectivity index (χ4v) is 2.05. The van der Waals surface area contributed by atoms with Crippen LogP contribution in [0.3, 0.4) is 0 Å². The molecule has 2 N–H and O–H groups in total. The van der Waals surface area contributed by atoms with E-state index in [1.165, 1.54) is 0 Å². The molecule has 138 valence electrons. The highest BCUT2D eigenvalue weighted by atomic mass is 19.4. The molecule has 0 aliphatic carbocycles. The number of hydrogen-bond acceptors (Lipinski definition) is 3. The zero-order valence-corrected chi connectivity index (χ0v) is 15.0. The maximum absolute atomic E-state index is 12.2. The highest BCUT2D eigenvalue weighted by molar-refractivity contribution is 5.67. The average molecular weight is 340 g/mol. The molecule has 7 heteroatoms. The fraction of sp³-hybridized carbons (Fsp3) is 0.938. The molecular weight excluding hydrogens is 309 g/mol. The van der Waals surface area contributed by atoms with Crippen molar-refractivity contribution in [1.29, 1.82) is 0 Å². The summed E-state index contributed by atoms with van der Waals surface area (Å²) in [4.78, 5) is 11.7. The average Bonchev–Trinajstić information content (AvgIpc) is 2.30. The van der Waals surface area contributed by atoms with Crippen molar-refractivity contribution >= 4 is 6.09 Å². The van der Waals surface area contributed by atoms with Crippen LogP contribution in [0.15, 0.2) is 0 Å². The van der Waals surface area contributed by atoms with E-state index in [2.05, 4.69) is 10.6 Å². The first-order valence-electron chi connectivity index (χ1n) is 8.10. The van der Waals surface area contributed by atoms with Gasteiger partial charge in [-0.15, -0.1) is 0 Å². The minimum Gasteiger partial charge on any atom is -0.444 e. The number of ether oxygens (including phenoxy) is 1. The van der Waals surface area contributed by atoms with Crippen molar-refractivity contribution in [3.8, 4) is 0 Å². The molecule has 2 atom stereocenters. The van der Waals surface area contributed by atoms with Crippen LogP contribution in [0.1, 0.15) is 60.8 Å². The van der Waals surface area contributed by atoms with Crippen molar-refractivity contribution in [2.45, 2.75) is 84.7 Å². The zero-order chi connectivity index (χ0) is 18.3. The van der Waals surface area contributed by atoms with Crippen LogP contribution in [0, 0.1) is 5.92 Å². The summed E-state index contributed by atoms with van der Waals surface area (Å²) in [6.07, 6.45) is -4.82. The Morgan fingerprint density at radius 2 is 1.70 bits per heavy atom. The third-order valence-electron chi connectivity index (χ3n) is 3.27. The molecule has 2 unspecified atom stereocenters. The zero-order valence-electron chi connectivity index (χ0n) is 15.0. The maximum atomic E-state index is 12.2. The number of carbonyl (C=O) groups excluding carboxylic acids is 1. The highest BCUT2D eigenvalue weighted by Crippen LogP contribution is 2.22. The van der Waals surface area contributed by atoms with Gasteiger partial charge in [-0.3, -0.25) is 0 Å². The number of amides is 1. The number of halogens is 3. The second kappa shape index (κ2) is 9.35. The van der Waals surface area contributed by atoms with E-state index in [1.54, 1.807) is 20.8 Å². The van der Waals surface area contributed by atoms with Gasteiger partial charge in [-0.2, -0.15) is 13.2 Å². The fourth-order valence-electron chi connectivity index (χ4n) is 2.05. The number of alkyl halides is 3. The molecule has 0 aliphatic rings. The quantitative estimate of drug-likeness (QED) is 0.695. The van der Waals surface area contributed by atoms with Gasteiger partial charge in [-0.1, -0.05) is 13.8 Å². The topological polar surface area (TPSA) is 50.4 Å². The van der Waals surface area contributed by atoms with E-state index in [4.69, 9.17) is 4.74 Å². The number of hydrogen-bond donors (Lipinski definition) is 2. The first-order valence-corrected chi connectivity index (χ1v) is 8.10. The van der Waals surface area contributed by atoms with Crippen molar-refractivity contribution in [2.24, 2.45) is 5.92 Å². The third kappa shape index (κ3) is 13.2. The summed E-state index contributed by atoms with van der Waals surface area (Å²) in [7, 11) is 0. The summed E-state index contributed by atoms with van der Waals surface area (Å²) >= 11 is 0. The van der Waals surface area contributed by atoms with Crippen LogP contribution >= 0.6 is 0 Å². The Balaban J connectivity index is 4.23. The predicted molar refractivity (Wildman–Crippen MR) is 85.4 cm³/mol. The van der Waals surface area contributed by atoms with Gasteiger partial charge < -0.3 is 15.4 Å². The summed E-state index contributed by atoms with van der Waals surface area (Å²) in [6, 6.07) is -0.0754. The van der Waals surface area contributed by atoms with Gasteiger partial charge in [0.2, 0.25) is 0 Å². The Labute approximate surface area is 137 Å². The van der Waals surface area contributed by atoms with Gasteiger partial charge in [-0.05, 0) is 46.5 Å². The molecule has 0 heterocycles. The van der Waals surface area contributed by atoms with Crippen molar-refractivity contribution in [3.05, 3.63) is 0 Å². The SMILES string of the molecule is CC(CCCC(F)(F)F)NC(CNC(=O)OC(C)(C)C)C(C)C. The second-order valence-electron chi connectivity index (χ2n) is 7.31. The van der Waals surface area contributed by atoms with Crippen LogP contribution in [0.5, 0.6) is 0 Å². The molecule has 0 aromatic heterocycles. The van der Waals surface area contributed by atoms with E-state index in [1.807, 2.05) is 20.8 Å². The summed E-state index contributed by atoms with van der Waals surface area (Å²) in [6.45, 7) is 11.6. The molecule has 0 fully saturated rings. The molecule has 1 amide bonds. The Morgan fingerprint density at radius 3 is 2.13 bits per heavy atom. The molecule has 0 spiro atoms. The van der Waals surface area contributed by atoms with E-state index >= 15 is 0 Å². The molecule has 0 aliphatic heterocycles. The first kappa shape index (κ1) is 22.0. The van der Waals surface area contributed by atoms with Crippen LogP contribution in [-0.2, 0) is 4.74 Å². The van der Waals surface area contributed by atoms with E-state index < -0.39 is 24.3 Å². The summed E-state index contributed by atoms with van der Waals surface area (Å²) < 4.78 is 41.7. The molecule has 0 saturated carbocycles. The van der Waals surface area contributed by atoms with Gasteiger partial charge in [0.25, 0.3) is 0 Å². The van der Waals surface area contributed by atoms with Gasteiger partial charge in [0, 0.05) is 25.0 Å². The lowest BCUT2D eigenvalue weighted by atomic mass is 10.0. The third-order valence-corrected chi connectivity index (χ3v) is 3.27. The summed E-state index contributed by atoms with van der Waals surface area (Å²) in [5.74, 6) is 0.231. The number of alkyl carbamates (subject to hydrolysis) is 1. The largest absolute Gasteiger partial charge is 0.444 e. The predicted octanol–water partition coefficient (Wildman–Crippen LogP) is 4.25. The van der Waals surface area contributed by atoms with Crippen molar-refractivity contribution < 1.29 is 22.7 Å². The molecule has 0 saturated heterocycles. The van der Waals surface area contributed by atoms with E-state index in [0.29, 0.717) is 13.0 Å². The van der Waals surface area contributed by atoms with Crippen molar-refractivity contribution in [2.75, 3.05) is 6.54 Å². The number of carbonyl (C=O) groups is 1. The molecule has 0 radical (unpaired) electrons. The second-order valence-corrected chi connectivity index (χ2v) is 7.31. The van der Waals surface area contributed by atoms with Gasteiger partial charge in [-0.25, -0.2) is 4.79 Å². The van der Waals surface area contributed by atoms with Crippen LogP contribution in [0.2, 0.25) is 0 Å². The molecule has 4 nitrogen and oxygen atoms in total. The molecule has 0 bridgehead atoms. The minimum absolute atomic E-state index is 0.0246. The molecule has 0 aromatic carbocycles.